The number of nitrogens with one attached hydrogen (secondary N) is 1. The van der Waals surface area contributed by atoms with E-state index in [-0.39, 0.29) is 35.9 Å². The van der Waals surface area contributed by atoms with Gasteiger partial charge in [0, 0.05) is 12.0 Å². The molecule has 2 aromatic carbocycles. The van der Waals surface area contributed by atoms with Gasteiger partial charge in [-0.2, -0.15) is 5.10 Å². The fraction of sp³-hybridized carbons (Fsp3) is 0.242. The van der Waals surface area contributed by atoms with E-state index in [0.717, 1.165) is 33.0 Å². The van der Waals surface area contributed by atoms with Crippen molar-refractivity contribution in [3.63, 3.8) is 0 Å². The van der Waals surface area contributed by atoms with Crippen molar-refractivity contribution in [2.24, 2.45) is 5.10 Å². The third-order valence-corrected chi connectivity index (χ3v) is 9.59. The normalized spacial score (nSPS) is 14.3. The number of thioether (sulfide) groups is 1. The summed E-state index contributed by atoms with van der Waals surface area (Å²) in [5.41, 5.74) is 4.62. The molecule has 236 valence electrons. The Hall–Kier alpha value is -4.88. The Morgan fingerprint density at radius 1 is 1.04 bits per heavy atom. The summed E-state index contributed by atoms with van der Waals surface area (Å²) >= 11 is 2.84. The van der Waals surface area contributed by atoms with Crippen LogP contribution in [0.15, 0.2) is 87.0 Å². The number of methoxy groups -OCH3 is 2. The number of nitrogens with zero attached hydrogens (tertiary/aromatic N) is 5. The fourth-order valence-electron chi connectivity index (χ4n) is 5.32. The molecule has 5 aromatic rings. The van der Waals surface area contributed by atoms with Crippen LogP contribution in [0, 0.1) is 13.8 Å². The number of aromatic nitrogens is 3. The van der Waals surface area contributed by atoms with Gasteiger partial charge in [-0.15, -0.1) is 21.5 Å². The Bertz CT molecular complexity index is 1880. The second-order valence-electron chi connectivity index (χ2n) is 10.5. The minimum absolute atomic E-state index is 0.0474. The predicted molar refractivity (Wildman–Crippen MR) is 176 cm³/mol. The standard InChI is InChI=1S/C33H32N6O5S2/c1-20-9-5-11-24(21(20)2)38-29(18-34-32(41)27-13-7-15-44-27)35-36-33(38)46-19-30(40)39-25(17-23(37-39)28-14-8-16-45-28)22-10-6-12-26(42-3)31(22)43-4/h5-16,25H,17-19H2,1-4H3,(H,34,41)/t25-/m1/s1. The van der Waals surface area contributed by atoms with E-state index in [0.29, 0.717) is 28.9 Å². The SMILES string of the molecule is COc1cccc([C@H]2CC(c3cccs3)=NN2C(=O)CSc2nnc(CNC(=O)c3ccco3)n2-c2cccc(C)c2C)c1OC. The molecule has 1 N–H and O–H groups in total. The number of ether oxygens (including phenoxy) is 2. The van der Waals surface area contributed by atoms with Crippen molar-refractivity contribution in [3.8, 4) is 17.2 Å². The molecule has 1 aliphatic heterocycles. The van der Waals surface area contributed by atoms with Crippen molar-refractivity contribution in [1.29, 1.82) is 0 Å². The number of benzene rings is 2. The molecule has 4 heterocycles. The van der Waals surface area contributed by atoms with Crippen LogP contribution in [0.1, 0.15) is 50.4 Å². The van der Waals surface area contributed by atoms with Gasteiger partial charge in [-0.05, 0) is 60.7 Å². The van der Waals surface area contributed by atoms with Gasteiger partial charge >= 0.3 is 0 Å². The quantitative estimate of drug-likeness (QED) is 0.173. The molecule has 0 radical (unpaired) electrons. The molecule has 13 heteroatoms. The Kier molecular flexibility index (Phi) is 9.22. The van der Waals surface area contributed by atoms with Crippen LogP contribution >= 0.6 is 23.1 Å². The van der Waals surface area contributed by atoms with Crippen molar-refractivity contribution < 1.29 is 23.5 Å². The zero-order valence-corrected chi connectivity index (χ0v) is 27.4. The Labute approximate surface area is 274 Å². The van der Waals surface area contributed by atoms with Crippen molar-refractivity contribution >= 4 is 40.6 Å². The lowest BCUT2D eigenvalue weighted by Gasteiger charge is -2.24. The number of rotatable bonds is 11. The molecule has 6 rings (SSSR count). The number of para-hydroxylation sites is 1. The van der Waals surface area contributed by atoms with Crippen LogP contribution in [0.4, 0.5) is 0 Å². The minimum Gasteiger partial charge on any atom is -0.493 e. The van der Waals surface area contributed by atoms with Gasteiger partial charge in [0.2, 0.25) is 0 Å². The number of carbonyl (C=O) groups is 2. The number of hydrogen-bond acceptors (Lipinski definition) is 10. The molecule has 0 bridgehead atoms. The van der Waals surface area contributed by atoms with Crippen LogP contribution in [0.3, 0.4) is 0 Å². The maximum absolute atomic E-state index is 14.0. The lowest BCUT2D eigenvalue weighted by molar-refractivity contribution is -0.130. The first-order chi connectivity index (χ1) is 22.4. The molecule has 46 heavy (non-hydrogen) atoms. The van der Waals surface area contributed by atoms with Gasteiger partial charge in [0.05, 0.1) is 55.1 Å². The summed E-state index contributed by atoms with van der Waals surface area (Å²) < 4.78 is 18.4. The molecule has 1 atom stereocenters. The van der Waals surface area contributed by atoms with Crippen LogP contribution in [0.5, 0.6) is 11.5 Å². The van der Waals surface area contributed by atoms with Gasteiger partial charge in [0.15, 0.2) is 28.2 Å². The number of aryl methyl sites for hydroxylation is 1. The van der Waals surface area contributed by atoms with E-state index in [9.17, 15) is 9.59 Å². The van der Waals surface area contributed by atoms with E-state index in [2.05, 4.69) is 15.5 Å². The summed E-state index contributed by atoms with van der Waals surface area (Å²) in [5, 5.41) is 20.6. The van der Waals surface area contributed by atoms with Gasteiger partial charge in [0.1, 0.15) is 0 Å². The summed E-state index contributed by atoms with van der Waals surface area (Å²) in [5.74, 6) is 1.35. The molecule has 0 unspecified atom stereocenters. The van der Waals surface area contributed by atoms with Crippen LogP contribution in [-0.4, -0.2) is 57.3 Å². The molecule has 1 aliphatic rings. The monoisotopic (exact) mass is 656 g/mol. The first-order valence-corrected chi connectivity index (χ1v) is 16.4. The molecule has 0 saturated carbocycles. The fourth-order valence-corrected chi connectivity index (χ4v) is 6.86. The topological polar surface area (TPSA) is 124 Å². The van der Waals surface area contributed by atoms with Gasteiger partial charge in [0.25, 0.3) is 11.8 Å². The molecule has 2 amide bonds. The zero-order valence-electron chi connectivity index (χ0n) is 25.7. The average molecular weight is 657 g/mol. The Morgan fingerprint density at radius 2 is 1.89 bits per heavy atom. The third kappa shape index (κ3) is 6.15. The highest BCUT2D eigenvalue weighted by Crippen LogP contribution is 2.42. The first-order valence-electron chi connectivity index (χ1n) is 14.5. The number of hydrogen-bond donors (Lipinski definition) is 1. The first kappa shape index (κ1) is 31.1. The Balaban J connectivity index is 1.29. The lowest BCUT2D eigenvalue weighted by Crippen LogP contribution is -2.29. The highest BCUT2D eigenvalue weighted by Gasteiger charge is 2.36. The van der Waals surface area contributed by atoms with Gasteiger partial charge < -0.3 is 19.2 Å². The van der Waals surface area contributed by atoms with E-state index < -0.39 is 0 Å². The van der Waals surface area contributed by atoms with Gasteiger partial charge in [-0.25, -0.2) is 5.01 Å². The zero-order chi connectivity index (χ0) is 32.2. The molecule has 0 spiro atoms. The average Bonchev–Trinajstić information content (AvgIpc) is 3.90. The molecule has 0 saturated heterocycles. The van der Waals surface area contributed by atoms with Crippen LogP contribution in [0.2, 0.25) is 0 Å². The maximum atomic E-state index is 14.0. The summed E-state index contributed by atoms with van der Waals surface area (Å²) in [6.45, 7) is 4.15. The summed E-state index contributed by atoms with van der Waals surface area (Å²) in [4.78, 5) is 27.6. The number of hydrazone groups is 1. The summed E-state index contributed by atoms with van der Waals surface area (Å²) in [6.07, 6.45) is 1.97. The molecular formula is C33H32N6O5S2. The lowest BCUT2D eigenvalue weighted by atomic mass is 9.99. The van der Waals surface area contributed by atoms with E-state index in [4.69, 9.17) is 19.0 Å². The summed E-state index contributed by atoms with van der Waals surface area (Å²) in [6, 6.07) is 18.4. The number of furan rings is 1. The van der Waals surface area contributed by atoms with Crippen molar-refractivity contribution in [2.45, 2.75) is 38.0 Å². The van der Waals surface area contributed by atoms with Crippen LogP contribution in [-0.2, 0) is 11.3 Å². The molecule has 11 nitrogen and oxygen atoms in total. The van der Waals surface area contributed by atoms with Crippen LogP contribution in [0.25, 0.3) is 5.69 Å². The minimum atomic E-state index is -0.389. The number of carbonyl (C=O) groups excluding carboxylic acids is 2. The summed E-state index contributed by atoms with van der Waals surface area (Å²) in [7, 11) is 3.18. The van der Waals surface area contributed by atoms with Crippen molar-refractivity contribution in [3.05, 3.63) is 105 Å². The van der Waals surface area contributed by atoms with Gasteiger partial charge in [-0.1, -0.05) is 42.1 Å². The third-order valence-electron chi connectivity index (χ3n) is 7.76. The molecule has 0 aliphatic carbocycles. The van der Waals surface area contributed by atoms with Crippen molar-refractivity contribution in [1.82, 2.24) is 25.1 Å². The highest BCUT2D eigenvalue weighted by molar-refractivity contribution is 7.99. The van der Waals surface area contributed by atoms with E-state index in [1.807, 2.05) is 72.3 Å². The van der Waals surface area contributed by atoms with Crippen molar-refractivity contribution in [2.75, 3.05) is 20.0 Å². The molecule has 0 fully saturated rings. The predicted octanol–water partition coefficient (Wildman–Crippen LogP) is 5.96. The van der Waals surface area contributed by atoms with E-state index in [1.165, 1.54) is 18.0 Å². The van der Waals surface area contributed by atoms with Crippen LogP contribution < -0.4 is 14.8 Å². The molecular weight excluding hydrogens is 625 g/mol. The highest BCUT2D eigenvalue weighted by atomic mass is 32.2. The Morgan fingerprint density at radius 3 is 2.63 bits per heavy atom. The smallest absolute Gasteiger partial charge is 0.287 e. The second kappa shape index (κ2) is 13.6. The molecule has 3 aromatic heterocycles. The van der Waals surface area contributed by atoms with E-state index in [1.54, 1.807) is 42.7 Å². The number of amides is 2. The largest absolute Gasteiger partial charge is 0.493 e. The second-order valence-corrected chi connectivity index (χ2v) is 12.4. The van der Waals surface area contributed by atoms with E-state index >= 15 is 0 Å². The number of thiophene rings is 1. The van der Waals surface area contributed by atoms with Gasteiger partial charge in [-0.3, -0.25) is 14.2 Å². The maximum Gasteiger partial charge on any atom is 0.287 e.